The van der Waals surface area contributed by atoms with Crippen LogP contribution in [0.4, 0.5) is 0 Å². The molecule has 3 aromatic rings. The van der Waals surface area contributed by atoms with E-state index >= 15 is 0 Å². The molecule has 1 fully saturated rings. The van der Waals surface area contributed by atoms with Crippen molar-refractivity contribution in [3.63, 3.8) is 0 Å². The third-order valence-electron chi connectivity index (χ3n) is 3.99. The number of aromatic hydroxyl groups is 1. The van der Waals surface area contributed by atoms with Gasteiger partial charge in [-0.25, -0.2) is 4.98 Å². The van der Waals surface area contributed by atoms with Crippen LogP contribution < -0.4 is 10.1 Å². The van der Waals surface area contributed by atoms with E-state index in [1.54, 1.807) is 18.3 Å². The molecule has 0 unspecified atom stereocenters. The maximum atomic E-state index is 10.3. The van der Waals surface area contributed by atoms with Crippen LogP contribution in [-0.2, 0) is 0 Å². The number of nitrogens with zero attached hydrogens (tertiary/aromatic N) is 4. The van der Waals surface area contributed by atoms with Gasteiger partial charge in [0.15, 0.2) is 0 Å². The van der Waals surface area contributed by atoms with Crippen LogP contribution in [0.3, 0.4) is 0 Å². The van der Waals surface area contributed by atoms with Crippen molar-refractivity contribution in [1.82, 2.24) is 25.1 Å². The fourth-order valence-electron chi connectivity index (χ4n) is 2.72. The fraction of sp³-hybridized carbons (Fsp3) is 0.235. The molecule has 0 spiro atoms. The minimum atomic E-state index is 0.0897. The molecule has 2 aromatic heterocycles. The third kappa shape index (κ3) is 2.93. The van der Waals surface area contributed by atoms with Crippen molar-refractivity contribution in [2.24, 2.45) is 0 Å². The second kappa shape index (κ2) is 6.29. The Hall–Kier alpha value is -2.93. The summed E-state index contributed by atoms with van der Waals surface area (Å²) in [6, 6.07) is 9.52. The molecular weight excluding hydrogens is 306 g/mol. The highest BCUT2D eigenvalue weighted by Gasteiger charge is 2.17. The van der Waals surface area contributed by atoms with Crippen LogP contribution in [0.15, 0.2) is 48.9 Å². The molecule has 1 aliphatic heterocycles. The fourth-order valence-corrected chi connectivity index (χ4v) is 2.72. The summed E-state index contributed by atoms with van der Waals surface area (Å²) in [5.41, 5.74) is 1.96. The molecule has 24 heavy (non-hydrogen) atoms. The highest BCUT2D eigenvalue weighted by Crippen LogP contribution is 2.29. The number of rotatable bonds is 4. The summed E-state index contributed by atoms with van der Waals surface area (Å²) in [5.74, 6) is 0.131. The quantitative estimate of drug-likeness (QED) is 0.761. The first-order chi connectivity index (χ1) is 11.8. The Bertz CT molecular complexity index is 812. The van der Waals surface area contributed by atoms with E-state index < -0.39 is 0 Å². The van der Waals surface area contributed by atoms with Crippen molar-refractivity contribution in [2.45, 2.75) is 12.5 Å². The van der Waals surface area contributed by atoms with Gasteiger partial charge >= 0.3 is 6.01 Å². The predicted molar refractivity (Wildman–Crippen MR) is 88.2 cm³/mol. The summed E-state index contributed by atoms with van der Waals surface area (Å²) in [6.07, 6.45) is 6.42. The first-order valence-corrected chi connectivity index (χ1v) is 7.83. The minimum Gasteiger partial charge on any atom is -0.507 e. The second-order valence-electron chi connectivity index (χ2n) is 5.65. The number of hydrogen-bond acceptors (Lipinski definition) is 6. The van der Waals surface area contributed by atoms with Gasteiger partial charge in [-0.3, -0.25) is 0 Å². The lowest BCUT2D eigenvalue weighted by molar-refractivity contribution is 0.201. The van der Waals surface area contributed by atoms with Gasteiger partial charge in [-0.2, -0.15) is 0 Å². The number of aromatic nitrogens is 4. The Kier molecular flexibility index (Phi) is 3.84. The molecule has 7 nitrogen and oxygen atoms in total. The summed E-state index contributed by atoms with van der Waals surface area (Å²) < 4.78 is 7.57. The molecule has 0 amide bonds. The number of phenols is 1. The first kappa shape index (κ1) is 14.6. The molecule has 7 heteroatoms. The van der Waals surface area contributed by atoms with Gasteiger partial charge < -0.3 is 19.7 Å². The van der Waals surface area contributed by atoms with E-state index in [1.807, 2.05) is 35.2 Å². The Morgan fingerprint density at radius 3 is 2.75 bits per heavy atom. The van der Waals surface area contributed by atoms with Crippen LogP contribution in [0.2, 0.25) is 0 Å². The molecular formula is C17H17N5O2. The smallest absolute Gasteiger partial charge is 0.335 e. The number of benzene rings is 1. The van der Waals surface area contributed by atoms with Gasteiger partial charge in [-0.15, -0.1) is 5.10 Å². The standard InChI is InChI=1S/C17H17N5O2/c23-16-9-12(22-7-1-2-8-22)3-4-14(16)15-11-19-17(21-20-15)24-13-5-6-18-10-13/h1-4,7-9,11,13,18,23H,5-6,10H2/t13-/m0/s1. The Labute approximate surface area is 139 Å². The molecule has 4 rings (SSSR count). The van der Waals surface area contributed by atoms with Crippen molar-refractivity contribution in [3.8, 4) is 28.7 Å². The van der Waals surface area contributed by atoms with Gasteiger partial charge in [0.2, 0.25) is 0 Å². The number of hydrogen-bond donors (Lipinski definition) is 2. The molecule has 122 valence electrons. The molecule has 3 heterocycles. The first-order valence-electron chi connectivity index (χ1n) is 7.83. The van der Waals surface area contributed by atoms with E-state index in [9.17, 15) is 5.11 Å². The lowest BCUT2D eigenvalue weighted by Crippen LogP contribution is -2.20. The zero-order valence-electron chi connectivity index (χ0n) is 13.0. The van der Waals surface area contributed by atoms with E-state index in [0.29, 0.717) is 11.3 Å². The molecule has 0 aliphatic carbocycles. The molecule has 0 bridgehead atoms. The van der Waals surface area contributed by atoms with Crippen molar-refractivity contribution in [3.05, 3.63) is 48.9 Å². The molecule has 1 atom stereocenters. The predicted octanol–water partition coefficient (Wildman–Crippen LogP) is 1.78. The Balaban J connectivity index is 1.54. The van der Waals surface area contributed by atoms with Crippen LogP contribution in [0.25, 0.3) is 16.9 Å². The SMILES string of the molecule is Oc1cc(-n2cccc2)ccc1-c1cnc(O[C@H]2CCNC2)nn1. The summed E-state index contributed by atoms with van der Waals surface area (Å²) in [4.78, 5) is 4.19. The topological polar surface area (TPSA) is 85.1 Å². The van der Waals surface area contributed by atoms with Crippen LogP contribution in [-0.4, -0.2) is 44.0 Å². The van der Waals surface area contributed by atoms with E-state index in [-0.39, 0.29) is 17.9 Å². The Morgan fingerprint density at radius 2 is 2.08 bits per heavy atom. The minimum absolute atomic E-state index is 0.0897. The number of phenolic OH excluding ortho intramolecular Hbond substituents is 1. The van der Waals surface area contributed by atoms with Gasteiger partial charge in [-0.05, 0) is 37.2 Å². The van der Waals surface area contributed by atoms with Gasteiger partial charge in [-0.1, -0.05) is 5.10 Å². The molecule has 1 saturated heterocycles. The summed E-state index contributed by atoms with van der Waals surface area (Å²) in [7, 11) is 0. The molecule has 0 saturated carbocycles. The van der Waals surface area contributed by atoms with E-state index in [1.165, 1.54) is 0 Å². The van der Waals surface area contributed by atoms with Gasteiger partial charge in [0.25, 0.3) is 0 Å². The lowest BCUT2D eigenvalue weighted by Gasteiger charge is -2.10. The van der Waals surface area contributed by atoms with Crippen LogP contribution in [0.1, 0.15) is 6.42 Å². The molecule has 1 aromatic carbocycles. The largest absolute Gasteiger partial charge is 0.507 e. The third-order valence-corrected chi connectivity index (χ3v) is 3.99. The highest BCUT2D eigenvalue weighted by molar-refractivity contribution is 5.67. The Morgan fingerprint density at radius 1 is 1.21 bits per heavy atom. The van der Waals surface area contributed by atoms with E-state index in [4.69, 9.17) is 4.74 Å². The maximum Gasteiger partial charge on any atom is 0.335 e. The summed E-state index contributed by atoms with van der Waals surface area (Å²) in [6.45, 7) is 1.74. The van der Waals surface area contributed by atoms with Gasteiger partial charge in [0.05, 0.1) is 6.20 Å². The van der Waals surface area contributed by atoms with E-state index in [0.717, 1.165) is 25.2 Å². The normalized spacial score (nSPS) is 17.1. The van der Waals surface area contributed by atoms with Crippen molar-refractivity contribution < 1.29 is 9.84 Å². The van der Waals surface area contributed by atoms with Gasteiger partial charge in [0, 0.05) is 36.3 Å². The van der Waals surface area contributed by atoms with Crippen LogP contribution >= 0.6 is 0 Å². The molecule has 0 radical (unpaired) electrons. The van der Waals surface area contributed by atoms with Crippen LogP contribution in [0.5, 0.6) is 11.8 Å². The monoisotopic (exact) mass is 323 g/mol. The zero-order valence-corrected chi connectivity index (χ0v) is 13.0. The molecule has 2 N–H and O–H groups in total. The highest BCUT2D eigenvalue weighted by atomic mass is 16.5. The van der Waals surface area contributed by atoms with Crippen molar-refractivity contribution in [1.29, 1.82) is 0 Å². The summed E-state index contributed by atoms with van der Waals surface area (Å²) in [5, 5.41) is 21.6. The van der Waals surface area contributed by atoms with E-state index in [2.05, 4.69) is 20.5 Å². The maximum absolute atomic E-state index is 10.3. The molecule has 1 aliphatic rings. The number of nitrogens with one attached hydrogen (secondary N) is 1. The summed E-state index contributed by atoms with van der Waals surface area (Å²) >= 11 is 0. The average Bonchev–Trinajstić information content (AvgIpc) is 3.29. The zero-order chi connectivity index (χ0) is 16.4. The van der Waals surface area contributed by atoms with Crippen molar-refractivity contribution in [2.75, 3.05) is 13.1 Å². The van der Waals surface area contributed by atoms with Crippen LogP contribution in [0, 0.1) is 0 Å². The van der Waals surface area contributed by atoms with Crippen molar-refractivity contribution >= 4 is 0 Å². The lowest BCUT2D eigenvalue weighted by atomic mass is 10.1. The second-order valence-corrected chi connectivity index (χ2v) is 5.65. The number of ether oxygens (including phenoxy) is 1. The average molecular weight is 323 g/mol. The van der Waals surface area contributed by atoms with Gasteiger partial charge in [0.1, 0.15) is 17.5 Å².